The number of ether oxygens (including phenoxy) is 1. The van der Waals surface area contributed by atoms with Crippen molar-refractivity contribution in [1.29, 1.82) is 0 Å². The van der Waals surface area contributed by atoms with Gasteiger partial charge < -0.3 is 15.2 Å². The average molecular weight is 222 g/mol. The Bertz CT molecular complexity index is 349. The van der Waals surface area contributed by atoms with E-state index in [1.807, 2.05) is 19.1 Å². The van der Waals surface area contributed by atoms with E-state index in [-0.39, 0.29) is 0 Å². The van der Waals surface area contributed by atoms with Crippen LogP contribution in [-0.2, 0) is 11.3 Å². The molecule has 1 unspecified atom stereocenters. The van der Waals surface area contributed by atoms with Crippen LogP contribution in [0.2, 0.25) is 0 Å². The van der Waals surface area contributed by atoms with Gasteiger partial charge in [0, 0.05) is 38.0 Å². The van der Waals surface area contributed by atoms with Crippen molar-refractivity contribution in [3.63, 3.8) is 0 Å². The first-order valence-corrected chi connectivity index (χ1v) is 5.61. The third kappa shape index (κ3) is 2.78. The summed E-state index contributed by atoms with van der Waals surface area (Å²) in [4.78, 5) is 4.22. The second-order valence-corrected chi connectivity index (χ2v) is 4.38. The third-order valence-corrected chi connectivity index (χ3v) is 2.97. The van der Waals surface area contributed by atoms with Crippen LogP contribution in [0.5, 0.6) is 0 Å². The molecule has 4 heteroatoms. The quantitative estimate of drug-likeness (QED) is 0.784. The largest absolute Gasteiger partial charge is 0.386 e. The smallest absolute Gasteiger partial charge is 0.102 e. The third-order valence-electron chi connectivity index (χ3n) is 2.97. The summed E-state index contributed by atoms with van der Waals surface area (Å²) in [7, 11) is 0. The monoisotopic (exact) mass is 222 g/mol. The van der Waals surface area contributed by atoms with Gasteiger partial charge in [0.25, 0.3) is 0 Å². The molecule has 1 aromatic heterocycles. The lowest BCUT2D eigenvalue weighted by Gasteiger charge is -2.20. The van der Waals surface area contributed by atoms with E-state index in [1.165, 1.54) is 5.56 Å². The normalized spacial score (nSPS) is 24.9. The van der Waals surface area contributed by atoms with Gasteiger partial charge in [-0.05, 0) is 18.6 Å². The van der Waals surface area contributed by atoms with Crippen molar-refractivity contribution in [3.8, 4) is 0 Å². The molecule has 0 spiro atoms. The number of rotatable bonds is 4. The number of hydrogen-bond acceptors (Lipinski definition) is 4. The molecule has 1 aliphatic heterocycles. The summed E-state index contributed by atoms with van der Waals surface area (Å²) in [6.07, 6.45) is 2.50. The summed E-state index contributed by atoms with van der Waals surface area (Å²) >= 11 is 0. The van der Waals surface area contributed by atoms with E-state index in [9.17, 15) is 5.11 Å². The predicted octanol–water partition coefficient (Wildman–Crippen LogP) is 0.631. The molecule has 1 fully saturated rings. The molecule has 0 bridgehead atoms. The average Bonchev–Trinajstić information content (AvgIpc) is 2.68. The van der Waals surface area contributed by atoms with Crippen LogP contribution in [0.1, 0.15) is 17.7 Å². The Labute approximate surface area is 95.7 Å². The van der Waals surface area contributed by atoms with Crippen molar-refractivity contribution < 1.29 is 9.84 Å². The van der Waals surface area contributed by atoms with Crippen LogP contribution in [0, 0.1) is 6.92 Å². The van der Waals surface area contributed by atoms with Gasteiger partial charge in [-0.25, -0.2) is 0 Å². The second kappa shape index (κ2) is 4.91. The first kappa shape index (κ1) is 11.5. The van der Waals surface area contributed by atoms with Gasteiger partial charge in [0.2, 0.25) is 0 Å². The summed E-state index contributed by atoms with van der Waals surface area (Å²) in [5.74, 6) is 0. The number of nitrogens with zero attached hydrogens (tertiary/aromatic N) is 1. The Hall–Kier alpha value is -0.970. The zero-order valence-electron chi connectivity index (χ0n) is 9.57. The van der Waals surface area contributed by atoms with Gasteiger partial charge in [-0.2, -0.15) is 0 Å². The Morgan fingerprint density at radius 2 is 2.50 bits per heavy atom. The molecule has 2 heterocycles. The molecule has 0 saturated carbocycles. The van der Waals surface area contributed by atoms with E-state index in [0.29, 0.717) is 26.2 Å². The lowest BCUT2D eigenvalue weighted by Crippen LogP contribution is -2.40. The fourth-order valence-electron chi connectivity index (χ4n) is 1.87. The first-order valence-electron chi connectivity index (χ1n) is 5.61. The maximum Gasteiger partial charge on any atom is 0.102 e. The van der Waals surface area contributed by atoms with Crippen LogP contribution in [0.4, 0.5) is 0 Å². The Morgan fingerprint density at radius 3 is 3.19 bits per heavy atom. The first-order chi connectivity index (χ1) is 7.70. The lowest BCUT2D eigenvalue weighted by atomic mass is 10.0. The molecule has 1 saturated heterocycles. The van der Waals surface area contributed by atoms with Crippen molar-refractivity contribution >= 4 is 0 Å². The zero-order valence-corrected chi connectivity index (χ0v) is 9.57. The van der Waals surface area contributed by atoms with E-state index < -0.39 is 5.60 Å². The fraction of sp³-hybridized carbons (Fsp3) is 0.583. The standard InChI is InChI=1S/C12H18N2O2/c1-10-11(3-2-5-14-10)7-13-8-12(15)4-6-16-9-12/h2-3,5,13,15H,4,6-9H2,1H3. The number of aryl methyl sites for hydroxylation is 1. The number of hydrogen-bond donors (Lipinski definition) is 2. The molecule has 4 nitrogen and oxygen atoms in total. The molecule has 2 rings (SSSR count). The molecule has 0 aromatic carbocycles. The topological polar surface area (TPSA) is 54.4 Å². The van der Waals surface area contributed by atoms with Crippen LogP contribution in [0.25, 0.3) is 0 Å². The van der Waals surface area contributed by atoms with Crippen LogP contribution in [0.15, 0.2) is 18.3 Å². The van der Waals surface area contributed by atoms with E-state index >= 15 is 0 Å². The van der Waals surface area contributed by atoms with Gasteiger partial charge in [-0.15, -0.1) is 0 Å². The maximum absolute atomic E-state index is 10.0. The molecule has 16 heavy (non-hydrogen) atoms. The molecule has 0 aliphatic carbocycles. The SMILES string of the molecule is Cc1ncccc1CNCC1(O)CCOC1. The molecule has 1 aliphatic rings. The highest BCUT2D eigenvalue weighted by Gasteiger charge is 2.31. The fourth-order valence-corrected chi connectivity index (χ4v) is 1.87. The van der Waals surface area contributed by atoms with Gasteiger partial charge >= 0.3 is 0 Å². The number of aliphatic hydroxyl groups is 1. The lowest BCUT2D eigenvalue weighted by molar-refractivity contribution is 0.0268. The van der Waals surface area contributed by atoms with Gasteiger partial charge in [0.1, 0.15) is 5.60 Å². The van der Waals surface area contributed by atoms with Crippen LogP contribution in [0.3, 0.4) is 0 Å². The second-order valence-electron chi connectivity index (χ2n) is 4.38. The molecular formula is C12H18N2O2. The minimum Gasteiger partial charge on any atom is -0.386 e. The molecule has 0 amide bonds. The number of aromatic nitrogens is 1. The summed E-state index contributed by atoms with van der Waals surface area (Å²) in [6.45, 7) is 4.39. The van der Waals surface area contributed by atoms with Gasteiger partial charge in [-0.1, -0.05) is 6.07 Å². The molecule has 88 valence electrons. The Balaban J connectivity index is 1.82. The van der Waals surface area contributed by atoms with Crippen molar-refractivity contribution in [2.75, 3.05) is 19.8 Å². The molecule has 2 N–H and O–H groups in total. The van der Waals surface area contributed by atoms with Crippen LogP contribution >= 0.6 is 0 Å². The minimum absolute atomic E-state index is 0.437. The highest BCUT2D eigenvalue weighted by molar-refractivity contribution is 5.17. The van der Waals surface area contributed by atoms with Crippen molar-refractivity contribution in [1.82, 2.24) is 10.3 Å². The van der Waals surface area contributed by atoms with Gasteiger partial charge in [0.05, 0.1) is 6.61 Å². The summed E-state index contributed by atoms with van der Waals surface area (Å²) in [6, 6.07) is 3.97. The number of nitrogens with one attached hydrogen (secondary N) is 1. The summed E-state index contributed by atoms with van der Waals surface area (Å²) < 4.78 is 5.18. The van der Waals surface area contributed by atoms with Crippen molar-refractivity contribution in [2.24, 2.45) is 0 Å². The maximum atomic E-state index is 10.0. The highest BCUT2D eigenvalue weighted by Crippen LogP contribution is 2.17. The van der Waals surface area contributed by atoms with Gasteiger partial charge in [-0.3, -0.25) is 4.98 Å². The number of pyridine rings is 1. The van der Waals surface area contributed by atoms with E-state index in [1.54, 1.807) is 6.20 Å². The molecular weight excluding hydrogens is 204 g/mol. The van der Waals surface area contributed by atoms with Crippen LogP contribution in [-0.4, -0.2) is 35.5 Å². The van der Waals surface area contributed by atoms with Crippen molar-refractivity contribution in [2.45, 2.75) is 25.5 Å². The van der Waals surface area contributed by atoms with Crippen LogP contribution < -0.4 is 5.32 Å². The highest BCUT2D eigenvalue weighted by atomic mass is 16.5. The van der Waals surface area contributed by atoms with E-state index in [0.717, 1.165) is 12.2 Å². The zero-order chi connectivity index (χ0) is 11.4. The summed E-state index contributed by atoms with van der Waals surface area (Å²) in [5, 5.41) is 13.3. The molecule has 1 atom stereocenters. The predicted molar refractivity (Wildman–Crippen MR) is 61.1 cm³/mol. The Kier molecular flexibility index (Phi) is 3.53. The van der Waals surface area contributed by atoms with Crippen molar-refractivity contribution in [3.05, 3.63) is 29.6 Å². The molecule has 1 aromatic rings. The molecule has 0 radical (unpaired) electrons. The van der Waals surface area contributed by atoms with E-state index in [2.05, 4.69) is 10.3 Å². The minimum atomic E-state index is -0.684. The van der Waals surface area contributed by atoms with Gasteiger partial charge in [0.15, 0.2) is 0 Å². The summed E-state index contributed by atoms with van der Waals surface area (Å²) in [5.41, 5.74) is 1.52. The Morgan fingerprint density at radius 1 is 1.62 bits per heavy atom. The van der Waals surface area contributed by atoms with E-state index in [4.69, 9.17) is 4.74 Å².